The molecule has 0 N–H and O–H groups in total. The lowest BCUT2D eigenvalue weighted by atomic mass is 10.0. The molecule has 0 aromatic heterocycles. The fraction of sp³-hybridized carbons (Fsp3) is 0.273. The molecule has 2 heteroatoms. The summed E-state index contributed by atoms with van der Waals surface area (Å²) in [6, 6.07) is 10.7. The Hall–Kier alpha value is -0.340. The van der Waals surface area contributed by atoms with Gasteiger partial charge in [-0.1, -0.05) is 58.8 Å². The van der Waals surface area contributed by atoms with Crippen LogP contribution in [0, 0.1) is 0 Å². The minimum atomic E-state index is 0.594. The summed E-state index contributed by atoms with van der Waals surface area (Å²) in [6.07, 6.45) is 1.17. The van der Waals surface area contributed by atoms with Gasteiger partial charge in [0.05, 0.1) is 5.25 Å². The number of hydrogen-bond donors (Lipinski definition) is 0. The fourth-order valence-corrected chi connectivity index (χ4v) is 4.32. The molecular formula is C11H12S2. The second kappa shape index (κ2) is 4.25. The molecule has 1 aliphatic heterocycles. The van der Waals surface area contributed by atoms with Gasteiger partial charge in [0.15, 0.2) is 0 Å². The van der Waals surface area contributed by atoms with Gasteiger partial charge in [-0.15, -0.1) is 0 Å². The van der Waals surface area contributed by atoms with Crippen molar-refractivity contribution in [2.24, 2.45) is 0 Å². The van der Waals surface area contributed by atoms with E-state index >= 15 is 0 Å². The van der Waals surface area contributed by atoms with E-state index in [9.17, 15) is 0 Å². The number of benzene rings is 1. The standard InChI is InChI=1S/C11H12S2/c1-2-9-8-12-13-11(9)10-6-4-3-5-7-10/h3-8,11H,2H2,1H3. The third-order valence-corrected chi connectivity index (χ3v) is 4.68. The topological polar surface area (TPSA) is 0 Å². The van der Waals surface area contributed by atoms with Gasteiger partial charge < -0.3 is 0 Å². The van der Waals surface area contributed by atoms with E-state index in [1.165, 1.54) is 12.0 Å². The van der Waals surface area contributed by atoms with Gasteiger partial charge >= 0.3 is 0 Å². The Balaban J connectivity index is 2.23. The van der Waals surface area contributed by atoms with E-state index in [-0.39, 0.29) is 0 Å². The zero-order valence-electron chi connectivity index (χ0n) is 7.57. The Labute approximate surface area is 87.2 Å². The molecule has 0 spiro atoms. The van der Waals surface area contributed by atoms with Gasteiger partial charge in [-0.05, 0) is 23.0 Å². The van der Waals surface area contributed by atoms with E-state index in [0.29, 0.717) is 5.25 Å². The van der Waals surface area contributed by atoms with Crippen LogP contribution in [0.4, 0.5) is 0 Å². The Morgan fingerprint density at radius 3 is 2.69 bits per heavy atom. The van der Waals surface area contributed by atoms with Crippen LogP contribution in [0.25, 0.3) is 0 Å². The second-order valence-electron chi connectivity index (χ2n) is 3.03. The lowest BCUT2D eigenvalue weighted by molar-refractivity contribution is 0.999. The normalized spacial score (nSPS) is 21.6. The summed E-state index contributed by atoms with van der Waals surface area (Å²) in [6.45, 7) is 2.23. The molecule has 1 aromatic carbocycles. The van der Waals surface area contributed by atoms with Crippen molar-refractivity contribution in [3.05, 3.63) is 46.9 Å². The first-order chi connectivity index (χ1) is 6.42. The first-order valence-corrected chi connectivity index (χ1v) is 6.75. The molecule has 13 heavy (non-hydrogen) atoms. The van der Waals surface area contributed by atoms with Gasteiger partial charge in [-0.25, -0.2) is 0 Å². The van der Waals surface area contributed by atoms with Gasteiger partial charge in [-0.2, -0.15) is 0 Å². The van der Waals surface area contributed by atoms with Crippen molar-refractivity contribution in [1.82, 2.24) is 0 Å². The van der Waals surface area contributed by atoms with Crippen LogP contribution in [0.3, 0.4) is 0 Å². The van der Waals surface area contributed by atoms with Gasteiger partial charge in [0.25, 0.3) is 0 Å². The summed E-state index contributed by atoms with van der Waals surface area (Å²) in [4.78, 5) is 0. The van der Waals surface area contributed by atoms with Crippen molar-refractivity contribution < 1.29 is 0 Å². The quantitative estimate of drug-likeness (QED) is 0.660. The highest BCUT2D eigenvalue weighted by Gasteiger charge is 2.20. The zero-order chi connectivity index (χ0) is 9.10. The monoisotopic (exact) mass is 208 g/mol. The molecule has 0 radical (unpaired) electrons. The molecule has 0 saturated carbocycles. The lowest BCUT2D eigenvalue weighted by Gasteiger charge is -2.11. The molecule has 2 rings (SSSR count). The molecule has 0 bridgehead atoms. The minimum Gasteiger partial charge on any atom is -0.0767 e. The van der Waals surface area contributed by atoms with E-state index < -0.39 is 0 Å². The Morgan fingerprint density at radius 1 is 1.23 bits per heavy atom. The van der Waals surface area contributed by atoms with Crippen LogP contribution in [-0.4, -0.2) is 0 Å². The van der Waals surface area contributed by atoms with Crippen molar-refractivity contribution >= 4 is 21.6 Å². The molecule has 1 heterocycles. The van der Waals surface area contributed by atoms with E-state index in [1.54, 1.807) is 5.57 Å². The maximum absolute atomic E-state index is 2.29. The molecule has 0 fully saturated rings. The van der Waals surface area contributed by atoms with E-state index in [1.807, 2.05) is 21.6 Å². The fourth-order valence-electron chi connectivity index (χ4n) is 1.43. The first kappa shape index (κ1) is 9.22. The third kappa shape index (κ3) is 1.94. The molecule has 68 valence electrons. The molecule has 1 atom stereocenters. The third-order valence-electron chi connectivity index (χ3n) is 2.20. The van der Waals surface area contributed by atoms with Gasteiger partial charge in [-0.3, -0.25) is 0 Å². The molecule has 0 aliphatic carbocycles. The maximum Gasteiger partial charge on any atom is 0.0621 e. The van der Waals surface area contributed by atoms with Crippen molar-refractivity contribution in [3.63, 3.8) is 0 Å². The highest BCUT2D eigenvalue weighted by molar-refractivity contribution is 8.78. The Morgan fingerprint density at radius 2 is 2.00 bits per heavy atom. The molecule has 0 amide bonds. The number of hydrogen-bond acceptors (Lipinski definition) is 2. The van der Waals surface area contributed by atoms with Crippen LogP contribution < -0.4 is 0 Å². The predicted octanol–water partition coefficient (Wildman–Crippen LogP) is 4.42. The SMILES string of the molecule is CCC1=CSSC1c1ccccc1. The summed E-state index contributed by atoms with van der Waals surface area (Å²) in [5, 5.41) is 2.89. The highest BCUT2D eigenvalue weighted by Crippen LogP contribution is 2.51. The smallest absolute Gasteiger partial charge is 0.0621 e. The van der Waals surface area contributed by atoms with Crippen molar-refractivity contribution in [2.45, 2.75) is 18.6 Å². The van der Waals surface area contributed by atoms with Gasteiger partial charge in [0, 0.05) is 0 Å². The lowest BCUT2D eigenvalue weighted by Crippen LogP contribution is -1.92. The van der Waals surface area contributed by atoms with Crippen LogP contribution in [-0.2, 0) is 0 Å². The second-order valence-corrected chi connectivity index (χ2v) is 5.28. The van der Waals surface area contributed by atoms with Crippen molar-refractivity contribution in [1.29, 1.82) is 0 Å². The molecular weight excluding hydrogens is 196 g/mol. The summed E-state index contributed by atoms with van der Waals surface area (Å²) in [5.41, 5.74) is 2.99. The summed E-state index contributed by atoms with van der Waals surface area (Å²) >= 11 is 0. The van der Waals surface area contributed by atoms with E-state index in [2.05, 4.69) is 42.7 Å². The average molecular weight is 208 g/mol. The van der Waals surface area contributed by atoms with Crippen molar-refractivity contribution in [3.8, 4) is 0 Å². The summed E-state index contributed by atoms with van der Waals surface area (Å²) < 4.78 is 0. The van der Waals surface area contributed by atoms with Crippen LogP contribution in [0.2, 0.25) is 0 Å². The van der Waals surface area contributed by atoms with Crippen molar-refractivity contribution in [2.75, 3.05) is 0 Å². The largest absolute Gasteiger partial charge is 0.0767 e. The minimum absolute atomic E-state index is 0.594. The van der Waals surface area contributed by atoms with Gasteiger partial charge in [0.1, 0.15) is 0 Å². The Bertz CT molecular complexity index is 303. The zero-order valence-corrected chi connectivity index (χ0v) is 9.20. The highest BCUT2D eigenvalue weighted by atomic mass is 33.1. The van der Waals surface area contributed by atoms with E-state index in [0.717, 1.165) is 0 Å². The molecule has 0 saturated heterocycles. The van der Waals surface area contributed by atoms with Crippen LogP contribution in [0.5, 0.6) is 0 Å². The summed E-state index contributed by atoms with van der Waals surface area (Å²) in [7, 11) is 3.82. The Kier molecular flexibility index (Phi) is 3.01. The molecule has 1 aliphatic rings. The van der Waals surface area contributed by atoms with Gasteiger partial charge in [0.2, 0.25) is 0 Å². The molecule has 1 aromatic rings. The van der Waals surface area contributed by atoms with Crippen LogP contribution in [0.15, 0.2) is 41.3 Å². The van der Waals surface area contributed by atoms with Crippen LogP contribution in [0.1, 0.15) is 24.2 Å². The first-order valence-electron chi connectivity index (χ1n) is 4.48. The predicted molar refractivity (Wildman–Crippen MR) is 62.7 cm³/mol. The molecule has 1 unspecified atom stereocenters. The average Bonchev–Trinajstić information content (AvgIpc) is 2.67. The number of rotatable bonds is 2. The van der Waals surface area contributed by atoms with E-state index in [4.69, 9.17) is 0 Å². The summed E-state index contributed by atoms with van der Waals surface area (Å²) in [5.74, 6) is 0. The van der Waals surface area contributed by atoms with Crippen LogP contribution >= 0.6 is 21.6 Å². The molecule has 0 nitrogen and oxygen atoms in total. The maximum atomic E-state index is 2.29.